The monoisotopic (exact) mass is 332 g/mol. The first-order valence-corrected chi connectivity index (χ1v) is 5.25. The standard InChI is InChI=1S/C10H6BrF5O2/c1-18-7-3-6(12)5(11)2-4(7)8(17)10(15,16)9(13)14/h2-3,9H,1H3. The molecule has 0 atom stereocenters. The van der Waals surface area contributed by atoms with E-state index in [0.29, 0.717) is 12.1 Å². The highest BCUT2D eigenvalue weighted by Gasteiger charge is 2.50. The second-order valence-electron chi connectivity index (χ2n) is 3.22. The van der Waals surface area contributed by atoms with Crippen molar-refractivity contribution in [3.05, 3.63) is 28.0 Å². The molecule has 0 aromatic heterocycles. The average molecular weight is 333 g/mol. The summed E-state index contributed by atoms with van der Waals surface area (Å²) in [5.41, 5.74) is -0.823. The van der Waals surface area contributed by atoms with E-state index < -0.39 is 35.3 Å². The number of carbonyl (C=O) groups is 1. The first-order chi connectivity index (χ1) is 8.21. The van der Waals surface area contributed by atoms with E-state index in [0.717, 1.165) is 7.11 Å². The van der Waals surface area contributed by atoms with Gasteiger partial charge in [-0.3, -0.25) is 4.79 Å². The van der Waals surface area contributed by atoms with Gasteiger partial charge in [0.2, 0.25) is 5.78 Å². The average Bonchev–Trinajstić information content (AvgIpc) is 2.30. The van der Waals surface area contributed by atoms with Crippen molar-refractivity contribution in [1.82, 2.24) is 0 Å². The van der Waals surface area contributed by atoms with Crippen LogP contribution in [0.5, 0.6) is 5.75 Å². The number of alkyl halides is 4. The Morgan fingerprint density at radius 1 is 1.39 bits per heavy atom. The van der Waals surface area contributed by atoms with E-state index in [4.69, 9.17) is 0 Å². The van der Waals surface area contributed by atoms with Crippen LogP contribution in [0.1, 0.15) is 10.4 Å². The molecule has 0 aliphatic heterocycles. The summed E-state index contributed by atoms with van der Waals surface area (Å²) in [4.78, 5) is 11.3. The SMILES string of the molecule is COc1cc(F)c(Br)cc1C(=O)C(F)(F)C(F)F. The van der Waals surface area contributed by atoms with Crippen LogP contribution >= 0.6 is 15.9 Å². The minimum Gasteiger partial charge on any atom is -0.496 e. The van der Waals surface area contributed by atoms with Crippen LogP contribution in [0.4, 0.5) is 22.0 Å². The topological polar surface area (TPSA) is 26.3 Å². The Labute approximate surface area is 107 Å². The molecular formula is C10H6BrF5O2. The van der Waals surface area contributed by atoms with Gasteiger partial charge in [-0.05, 0) is 22.0 Å². The molecule has 0 aliphatic rings. The predicted octanol–water partition coefficient (Wildman–Crippen LogP) is 3.68. The Balaban J connectivity index is 3.33. The maximum atomic E-state index is 13.1. The lowest BCUT2D eigenvalue weighted by Gasteiger charge is -2.16. The third-order valence-electron chi connectivity index (χ3n) is 2.06. The molecule has 0 aliphatic carbocycles. The van der Waals surface area contributed by atoms with Crippen LogP contribution < -0.4 is 4.74 Å². The Hall–Kier alpha value is -1.18. The fourth-order valence-corrected chi connectivity index (χ4v) is 1.50. The molecule has 0 radical (unpaired) electrons. The second kappa shape index (κ2) is 5.21. The molecule has 0 N–H and O–H groups in total. The summed E-state index contributed by atoms with van der Waals surface area (Å²) < 4.78 is 67.3. The maximum Gasteiger partial charge on any atom is 0.369 e. The van der Waals surface area contributed by atoms with Gasteiger partial charge in [-0.2, -0.15) is 8.78 Å². The van der Waals surface area contributed by atoms with Gasteiger partial charge in [0.1, 0.15) is 11.6 Å². The highest BCUT2D eigenvalue weighted by Crippen LogP contribution is 2.33. The molecule has 18 heavy (non-hydrogen) atoms. The van der Waals surface area contributed by atoms with Crippen molar-refractivity contribution >= 4 is 21.7 Å². The van der Waals surface area contributed by atoms with Gasteiger partial charge in [0, 0.05) is 6.07 Å². The van der Waals surface area contributed by atoms with Gasteiger partial charge in [-0.1, -0.05) is 0 Å². The lowest BCUT2D eigenvalue weighted by atomic mass is 10.0. The van der Waals surface area contributed by atoms with E-state index in [-0.39, 0.29) is 4.47 Å². The molecule has 8 heteroatoms. The molecule has 2 nitrogen and oxygen atoms in total. The summed E-state index contributed by atoms with van der Waals surface area (Å²) >= 11 is 2.67. The number of methoxy groups -OCH3 is 1. The largest absolute Gasteiger partial charge is 0.496 e. The molecule has 0 saturated heterocycles. The van der Waals surface area contributed by atoms with E-state index >= 15 is 0 Å². The number of ketones is 1. The predicted molar refractivity (Wildman–Crippen MR) is 55.9 cm³/mol. The van der Waals surface area contributed by atoms with Crippen LogP contribution in [0, 0.1) is 5.82 Å². The third kappa shape index (κ3) is 2.63. The fourth-order valence-electron chi connectivity index (χ4n) is 1.15. The van der Waals surface area contributed by atoms with Crippen molar-refractivity contribution in [2.24, 2.45) is 0 Å². The van der Waals surface area contributed by atoms with Crippen molar-refractivity contribution in [2.45, 2.75) is 12.3 Å². The lowest BCUT2D eigenvalue weighted by molar-refractivity contribution is -0.0959. The molecule has 1 aromatic rings. The number of Topliss-reactive ketones (excluding diaryl/α,β-unsaturated/α-hetero) is 1. The highest BCUT2D eigenvalue weighted by atomic mass is 79.9. The minimum absolute atomic E-state index is 0.309. The molecule has 1 rings (SSSR count). The highest BCUT2D eigenvalue weighted by molar-refractivity contribution is 9.10. The van der Waals surface area contributed by atoms with Gasteiger partial charge < -0.3 is 4.74 Å². The van der Waals surface area contributed by atoms with Crippen molar-refractivity contribution in [3.8, 4) is 5.75 Å². The van der Waals surface area contributed by atoms with E-state index in [9.17, 15) is 26.7 Å². The van der Waals surface area contributed by atoms with Gasteiger partial charge in [0.05, 0.1) is 17.1 Å². The molecule has 1 aromatic carbocycles. The molecule has 0 fully saturated rings. The number of rotatable bonds is 4. The van der Waals surface area contributed by atoms with E-state index in [1.165, 1.54) is 0 Å². The molecule has 0 saturated carbocycles. The normalized spacial score (nSPS) is 11.8. The Kier molecular flexibility index (Phi) is 4.31. The van der Waals surface area contributed by atoms with E-state index in [2.05, 4.69) is 20.7 Å². The number of hydrogen-bond acceptors (Lipinski definition) is 2. The zero-order valence-corrected chi connectivity index (χ0v) is 10.4. The van der Waals surface area contributed by atoms with Gasteiger partial charge in [0.15, 0.2) is 0 Å². The summed E-state index contributed by atoms with van der Waals surface area (Å²) in [5, 5.41) is 0. The summed E-state index contributed by atoms with van der Waals surface area (Å²) in [5.74, 6) is -8.40. The summed E-state index contributed by atoms with van der Waals surface area (Å²) in [6.07, 6.45) is -4.15. The van der Waals surface area contributed by atoms with Gasteiger partial charge in [-0.15, -0.1) is 0 Å². The summed E-state index contributed by atoms with van der Waals surface area (Å²) in [6, 6.07) is 1.33. The molecule has 100 valence electrons. The van der Waals surface area contributed by atoms with Gasteiger partial charge in [-0.25, -0.2) is 13.2 Å². The second-order valence-corrected chi connectivity index (χ2v) is 4.07. The lowest BCUT2D eigenvalue weighted by Crippen LogP contribution is -2.36. The summed E-state index contributed by atoms with van der Waals surface area (Å²) in [7, 11) is 1.000. The number of halogens is 6. The fraction of sp³-hybridized carbons (Fsp3) is 0.300. The summed E-state index contributed by atoms with van der Waals surface area (Å²) in [6.45, 7) is 0. The quantitative estimate of drug-likeness (QED) is 0.621. The first kappa shape index (κ1) is 14.9. The Morgan fingerprint density at radius 3 is 2.39 bits per heavy atom. The van der Waals surface area contributed by atoms with Crippen molar-refractivity contribution in [2.75, 3.05) is 7.11 Å². The zero-order chi connectivity index (χ0) is 14.1. The Bertz CT molecular complexity index is 476. The van der Waals surface area contributed by atoms with Crippen LogP contribution in [0.15, 0.2) is 16.6 Å². The number of ether oxygens (including phenoxy) is 1. The van der Waals surface area contributed by atoms with Gasteiger partial charge >= 0.3 is 12.3 Å². The number of hydrogen-bond donors (Lipinski definition) is 0. The Morgan fingerprint density at radius 2 is 1.94 bits per heavy atom. The van der Waals surface area contributed by atoms with E-state index in [1.807, 2.05) is 0 Å². The molecular weight excluding hydrogens is 327 g/mol. The molecule has 0 bridgehead atoms. The number of carbonyl (C=O) groups excluding carboxylic acids is 1. The number of benzene rings is 1. The maximum absolute atomic E-state index is 13.1. The molecule has 0 amide bonds. The van der Waals surface area contributed by atoms with Crippen LogP contribution in [0.25, 0.3) is 0 Å². The van der Waals surface area contributed by atoms with Crippen LogP contribution in [-0.4, -0.2) is 25.2 Å². The van der Waals surface area contributed by atoms with Gasteiger partial charge in [0.25, 0.3) is 0 Å². The zero-order valence-electron chi connectivity index (χ0n) is 8.82. The van der Waals surface area contributed by atoms with Crippen LogP contribution in [0.3, 0.4) is 0 Å². The molecule has 0 spiro atoms. The third-order valence-corrected chi connectivity index (χ3v) is 2.67. The minimum atomic E-state index is -4.86. The van der Waals surface area contributed by atoms with Crippen molar-refractivity contribution in [3.63, 3.8) is 0 Å². The van der Waals surface area contributed by atoms with E-state index in [1.54, 1.807) is 0 Å². The first-order valence-electron chi connectivity index (χ1n) is 4.45. The molecule has 0 heterocycles. The molecule has 0 unspecified atom stereocenters. The van der Waals surface area contributed by atoms with Crippen molar-refractivity contribution < 1.29 is 31.5 Å². The van der Waals surface area contributed by atoms with Crippen molar-refractivity contribution in [1.29, 1.82) is 0 Å². The smallest absolute Gasteiger partial charge is 0.369 e. The van der Waals surface area contributed by atoms with Crippen LogP contribution in [0.2, 0.25) is 0 Å². The van der Waals surface area contributed by atoms with Crippen LogP contribution in [-0.2, 0) is 0 Å².